The van der Waals surface area contributed by atoms with Gasteiger partial charge in [-0.25, -0.2) is 0 Å². The molecule has 2 rings (SSSR count). The molecule has 0 bridgehead atoms. The molecule has 0 spiro atoms. The molecule has 9 heteroatoms. The molecule has 1 aromatic carbocycles. The summed E-state index contributed by atoms with van der Waals surface area (Å²) >= 11 is 0. The van der Waals surface area contributed by atoms with Crippen LogP contribution in [0.4, 0.5) is 11.4 Å². The number of hydrogen-bond donors (Lipinski definition) is 2. The molecule has 9 nitrogen and oxygen atoms in total. The quantitative estimate of drug-likeness (QED) is 0.555. The van der Waals surface area contributed by atoms with Crippen LogP contribution in [0.15, 0.2) is 36.7 Å². The van der Waals surface area contributed by atoms with Crippen LogP contribution in [-0.2, 0) is 11.3 Å². The lowest BCUT2D eigenvalue weighted by Crippen LogP contribution is -2.14. The topological polar surface area (TPSA) is 125 Å². The maximum atomic E-state index is 11.8. The Labute approximate surface area is 132 Å². The van der Waals surface area contributed by atoms with Gasteiger partial charge >= 0.3 is 5.69 Å². The number of carbonyl (C=O) groups excluding carboxylic acids is 1. The number of nitrogens with two attached hydrogens (primary N) is 1. The van der Waals surface area contributed by atoms with E-state index in [1.165, 1.54) is 10.9 Å². The first-order chi connectivity index (χ1) is 11.1. The maximum Gasteiger partial charge on any atom is 0.306 e. The zero-order valence-electron chi connectivity index (χ0n) is 12.3. The molecule has 1 aromatic heterocycles. The van der Waals surface area contributed by atoms with Crippen LogP contribution >= 0.6 is 0 Å². The summed E-state index contributed by atoms with van der Waals surface area (Å²) in [4.78, 5) is 21.9. The Bertz CT molecular complexity index is 668. The number of carbonyl (C=O) groups is 1. The molecular formula is C14H17N5O4. The zero-order valence-corrected chi connectivity index (χ0v) is 12.3. The van der Waals surface area contributed by atoms with Crippen LogP contribution in [0.3, 0.4) is 0 Å². The van der Waals surface area contributed by atoms with Crippen molar-refractivity contribution in [2.45, 2.75) is 13.0 Å². The number of nitrogens with one attached hydrogen (secondary N) is 1. The third kappa shape index (κ3) is 5.08. The molecule has 1 amide bonds. The normalized spacial score (nSPS) is 10.3. The Hall–Kier alpha value is -2.94. The van der Waals surface area contributed by atoms with Crippen molar-refractivity contribution in [1.29, 1.82) is 0 Å². The molecule has 0 saturated heterocycles. The molecule has 0 atom stereocenters. The van der Waals surface area contributed by atoms with Crippen LogP contribution in [-0.4, -0.2) is 33.8 Å². The summed E-state index contributed by atoms with van der Waals surface area (Å²) in [7, 11) is 0. The number of aryl methyl sites for hydroxylation is 1. The standard InChI is InChI=1S/C14H17N5O4/c15-6-8-23-13-3-1-11(2-4-13)17-14(20)5-7-18-10-12(9-16-18)19(21)22/h1-4,9-10H,5-8,15H2,(H,17,20). The molecule has 0 aliphatic carbocycles. The number of amides is 1. The van der Waals surface area contributed by atoms with Crippen LogP contribution in [0.5, 0.6) is 5.75 Å². The molecule has 0 saturated carbocycles. The van der Waals surface area contributed by atoms with Gasteiger partial charge in [0.1, 0.15) is 24.8 Å². The average Bonchev–Trinajstić information content (AvgIpc) is 3.01. The Morgan fingerprint density at radius 3 is 2.74 bits per heavy atom. The van der Waals surface area contributed by atoms with Crippen molar-refractivity contribution in [2.75, 3.05) is 18.5 Å². The first-order valence-corrected chi connectivity index (χ1v) is 6.98. The summed E-state index contributed by atoms with van der Waals surface area (Å²) in [5.41, 5.74) is 5.89. The largest absolute Gasteiger partial charge is 0.492 e. The average molecular weight is 319 g/mol. The second kappa shape index (κ2) is 7.90. The minimum atomic E-state index is -0.530. The van der Waals surface area contributed by atoms with Crippen LogP contribution in [0.1, 0.15) is 6.42 Å². The minimum absolute atomic E-state index is 0.0986. The maximum absolute atomic E-state index is 11.8. The van der Waals surface area contributed by atoms with Gasteiger partial charge in [-0.2, -0.15) is 5.10 Å². The Morgan fingerprint density at radius 2 is 2.13 bits per heavy atom. The third-order valence-corrected chi connectivity index (χ3v) is 2.92. The highest BCUT2D eigenvalue weighted by molar-refractivity contribution is 5.90. The number of hydrogen-bond acceptors (Lipinski definition) is 6. The summed E-state index contributed by atoms with van der Waals surface area (Å²) in [6, 6.07) is 6.93. The number of rotatable bonds is 8. The number of nitrogens with zero attached hydrogens (tertiary/aromatic N) is 3. The van der Waals surface area contributed by atoms with Gasteiger partial charge < -0.3 is 15.8 Å². The zero-order chi connectivity index (χ0) is 16.7. The van der Waals surface area contributed by atoms with Gasteiger partial charge in [-0.1, -0.05) is 0 Å². The summed E-state index contributed by atoms with van der Waals surface area (Å²) in [6.45, 7) is 1.13. The molecule has 0 unspecified atom stereocenters. The first kappa shape index (κ1) is 16.4. The highest BCUT2D eigenvalue weighted by Gasteiger charge is 2.10. The fourth-order valence-electron chi connectivity index (χ4n) is 1.82. The summed E-state index contributed by atoms with van der Waals surface area (Å²) < 4.78 is 6.70. The second-order valence-corrected chi connectivity index (χ2v) is 4.68. The molecule has 0 aliphatic heterocycles. The molecule has 23 heavy (non-hydrogen) atoms. The van der Waals surface area contributed by atoms with E-state index >= 15 is 0 Å². The number of benzene rings is 1. The second-order valence-electron chi connectivity index (χ2n) is 4.68. The van der Waals surface area contributed by atoms with Crippen molar-refractivity contribution < 1.29 is 14.5 Å². The van der Waals surface area contributed by atoms with Crippen LogP contribution < -0.4 is 15.8 Å². The van der Waals surface area contributed by atoms with Crippen molar-refractivity contribution >= 4 is 17.3 Å². The SMILES string of the molecule is NCCOc1ccc(NC(=O)CCn2cc([N+](=O)[O-])cn2)cc1. The predicted molar refractivity (Wildman–Crippen MR) is 83.1 cm³/mol. The van der Waals surface area contributed by atoms with E-state index in [1.54, 1.807) is 24.3 Å². The molecule has 0 radical (unpaired) electrons. The monoisotopic (exact) mass is 319 g/mol. The smallest absolute Gasteiger partial charge is 0.306 e. The predicted octanol–water partition coefficient (Wildman–Crippen LogP) is 1.16. The fourth-order valence-corrected chi connectivity index (χ4v) is 1.82. The van der Waals surface area contributed by atoms with Crippen molar-refractivity contribution in [3.63, 3.8) is 0 Å². The fraction of sp³-hybridized carbons (Fsp3) is 0.286. The number of anilines is 1. The first-order valence-electron chi connectivity index (χ1n) is 6.98. The van der Waals surface area contributed by atoms with Crippen molar-refractivity contribution in [3.05, 3.63) is 46.8 Å². The van der Waals surface area contributed by atoms with E-state index in [-0.39, 0.29) is 24.6 Å². The minimum Gasteiger partial charge on any atom is -0.492 e. The number of ether oxygens (including phenoxy) is 1. The molecular weight excluding hydrogens is 302 g/mol. The molecule has 122 valence electrons. The van der Waals surface area contributed by atoms with E-state index in [2.05, 4.69) is 10.4 Å². The van der Waals surface area contributed by atoms with Gasteiger partial charge in [0.2, 0.25) is 5.91 Å². The lowest BCUT2D eigenvalue weighted by atomic mass is 10.3. The van der Waals surface area contributed by atoms with Crippen molar-refractivity contribution in [1.82, 2.24) is 9.78 Å². The van der Waals surface area contributed by atoms with Gasteiger partial charge in [0.25, 0.3) is 0 Å². The van der Waals surface area contributed by atoms with Crippen LogP contribution in [0, 0.1) is 10.1 Å². The third-order valence-electron chi connectivity index (χ3n) is 2.92. The van der Waals surface area contributed by atoms with Crippen LogP contribution in [0.2, 0.25) is 0 Å². The summed E-state index contributed by atoms with van der Waals surface area (Å²) in [5.74, 6) is 0.469. The highest BCUT2D eigenvalue weighted by Crippen LogP contribution is 2.16. The lowest BCUT2D eigenvalue weighted by molar-refractivity contribution is -0.385. The summed E-state index contributed by atoms with van der Waals surface area (Å²) in [6.07, 6.45) is 2.60. The van der Waals surface area contributed by atoms with Gasteiger partial charge in [-0.3, -0.25) is 19.6 Å². The van der Waals surface area contributed by atoms with E-state index in [0.717, 1.165) is 6.20 Å². The Balaban J connectivity index is 1.80. The molecule has 2 aromatic rings. The molecule has 1 heterocycles. The number of aromatic nitrogens is 2. The van der Waals surface area contributed by atoms with Crippen molar-refractivity contribution in [3.8, 4) is 5.75 Å². The summed E-state index contributed by atoms with van der Waals surface area (Å²) in [5, 5.41) is 17.1. The van der Waals surface area contributed by atoms with Crippen LogP contribution in [0.25, 0.3) is 0 Å². The lowest BCUT2D eigenvalue weighted by Gasteiger charge is -2.07. The molecule has 3 N–H and O–H groups in total. The Kier molecular flexibility index (Phi) is 5.64. The van der Waals surface area contributed by atoms with E-state index in [0.29, 0.717) is 24.6 Å². The van der Waals surface area contributed by atoms with Gasteiger partial charge in [-0.15, -0.1) is 0 Å². The van der Waals surface area contributed by atoms with E-state index in [9.17, 15) is 14.9 Å². The van der Waals surface area contributed by atoms with E-state index < -0.39 is 4.92 Å². The van der Waals surface area contributed by atoms with Gasteiger partial charge in [-0.05, 0) is 24.3 Å². The van der Waals surface area contributed by atoms with Crippen molar-refractivity contribution in [2.24, 2.45) is 5.73 Å². The van der Waals surface area contributed by atoms with Gasteiger partial charge in [0.05, 0.1) is 4.92 Å². The van der Waals surface area contributed by atoms with E-state index in [1.807, 2.05) is 0 Å². The van der Waals surface area contributed by atoms with Gasteiger partial charge in [0.15, 0.2) is 0 Å². The number of nitro groups is 1. The highest BCUT2D eigenvalue weighted by atomic mass is 16.6. The van der Waals surface area contributed by atoms with E-state index in [4.69, 9.17) is 10.5 Å². The molecule has 0 aliphatic rings. The van der Waals surface area contributed by atoms with Gasteiger partial charge in [0, 0.05) is 25.2 Å². The Morgan fingerprint density at radius 1 is 1.39 bits per heavy atom. The molecule has 0 fully saturated rings.